The van der Waals surface area contributed by atoms with E-state index < -0.39 is 11.7 Å². The standard InChI is InChI=1S/C12H13ClFNO2/c13-10(7-1-2-7)6-15-12(17)9-4-3-8(14)5-11(9)16/h3-5,7,10,16H,1-2,6H2,(H,15,17). The fraction of sp³-hybridized carbons (Fsp3) is 0.417. The Kier molecular flexibility index (Phi) is 3.52. The predicted molar refractivity (Wildman–Crippen MR) is 62.8 cm³/mol. The number of phenols is 1. The fourth-order valence-corrected chi connectivity index (χ4v) is 1.94. The summed E-state index contributed by atoms with van der Waals surface area (Å²) < 4.78 is 12.7. The van der Waals surface area contributed by atoms with Crippen molar-refractivity contribution >= 4 is 17.5 Å². The van der Waals surface area contributed by atoms with E-state index in [0.717, 1.165) is 25.0 Å². The van der Waals surface area contributed by atoms with Crippen LogP contribution in [-0.4, -0.2) is 22.9 Å². The second-order valence-electron chi connectivity index (χ2n) is 4.22. The first-order valence-electron chi connectivity index (χ1n) is 5.48. The monoisotopic (exact) mass is 257 g/mol. The summed E-state index contributed by atoms with van der Waals surface area (Å²) in [5, 5.41) is 12.0. The molecule has 2 N–H and O–H groups in total. The normalized spacial score (nSPS) is 16.6. The maximum atomic E-state index is 12.7. The minimum Gasteiger partial charge on any atom is -0.507 e. The van der Waals surface area contributed by atoms with Gasteiger partial charge in [0.15, 0.2) is 0 Å². The first kappa shape index (κ1) is 12.2. The molecule has 17 heavy (non-hydrogen) atoms. The molecule has 1 aromatic rings. The van der Waals surface area contributed by atoms with Gasteiger partial charge < -0.3 is 10.4 Å². The molecule has 1 unspecified atom stereocenters. The van der Waals surface area contributed by atoms with Crippen LogP contribution in [0, 0.1) is 11.7 Å². The molecule has 2 rings (SSSR count). The molecule has 1 aliphatic carbocycles. The van der Waals surface area contributed by atoms with Crippen molar-refractivity contribution in [3.63, 3.8) is 0 Å². The molecular formula is C12H13ClFNO2. The number of hydrogen-bond donors (Lipinski definition) is 2. The molecule has 5 heteroatoms. The first-order chi connectivity index (χ1) is 8.08. The highest BCUT2D eigenvalue weighted by molar-refractivity contribution is 6.21. The number of benzene rings is 1. The molecule has 1 saturated carbocycles. The fourth-order valence-electron chi connectivity index (χ4n) is 1.61. The Bertz CT molecular complexity index is 435. The third-order valence-electron chi connectivity index (χ3n) is 2.80. The Morgan fingerprint density at radius 3 is 2.88 bits per heavy atom. The topological polar surface area (TPSA) is 49.3 Å². The van der Waals surface area contributed by atoms with Crippen molar-refractivity contribution in [2.75, 3.05) is 6.54 Å². The summed E-state index contributed by atoms with van der Waals surface area (Å²) in [6.07, 6.45) is 2.21. The van der Waals surface area contributed by atoms with E-state index in [1.54, 1.807) is 0 Å². The van der Waals surface area contributed by atoms with Gasteiger partial charge in [-0.1, -0.05) is 0 Å². The highest BCUT2D eigenvalue weighted by Crippen LogP contribution is 2.35. The van der Waals surface area contributed by atoms with E-state index in [1.165, 1.54) is 6.07 Å². The number of alkyl halides is 1. The second kappa shape index (κ2) is 4.92. The van der Waals surface area contributed by atoms with E-state index in [4.69, 9.17) is 11.6 Å². The van der Waals surface area contributed by atoms with Crippen molar-refractivity contribution < 1.29 is 14.3 Å². The molecule has 3 nitrogen and oxygen atoms in total. The van der Waals surface area contributed by atoms with Gasteiger partial charge in [-0.2, -0.15) is 0 Å². The van der Waals surface area contributed by atoms with Gasteiger partial charge in [0.2, 0.25) is 0 Å². The minimum atomic E-state index is -0.577. The molecule has 0 spiro atoms. The maximum absolute atomic E-state index is 12.7. The van der Waals surface area contributed by atoms with Crippen molar-refractivity contribution in [3.8, 4) is 5.75 Å². The molecule has 0 heterocycles. The summed E-state index contributed by atoms with van der Waals surface area (Å²) in [5.41, 5.74) is 0.0612. The van der Waals surface area contributed by atoms with Crippen molar-refractivity contribution in [2.45, 2.75) is 18.2 Å². The summed E-state index contributed by atoms with van der Waals surface area (Å²) in [4.78, 5) is 11.7. The largest absolute Gasteiger partial charge is 0.507 e. The quantitative estimate of drug-likeness (QED) is 0.813. The molecule has 0 aromatic heterocycles. The molecule has 92 valence electrons. The number of carbonyl (C=O) groups excluding carboxylic acids is 1. The van der Waals surface area contributed by atoms with E-state index in [9.17, 15) is 14.3 Å². The number of hydrogen-bond acceptors (Lipinski definition) is 2. The molecule has 1 amide bonds. The van der Waals surface area contributed by atoms with Crippen LogP contribution in [-0.2, 0) is 0 Å². The molecular weight excluding hydrogens is 245 g/mol. The third kappa shape index (κ3) is 3.09. The lowest BCUT2D eigenvalue weighted by Gasteiger charge is -2.10. The Hall–Kier alpha value is -1.29. The average Bonchev–Trinajstić information content (AvgIpc) is 3.09. The number of rotatable bonds is 4. The minimum absolute atomic E-state index is 0.0612. The van der Waals surface area contributed by atoms with Crippen LogP contribution in [0.3, 0.4) is 0 Å². The van der Waals surface area contributed by atoms with Gasteiger partial charge in [-0.15, -0.1) is 11.6 Å². The Morgan fingerprint density at radius 2 is 2.29 bits per heavy atom. The van der Waals surface area contributed by atoms with Gasteiger partial charge in [-0.05, 0) is 30.9 Å². The van der Waals surface area contributed by atoms with Gasteiger partial charge >= 0.3 is 0 Å². The zero-order valence-corrected chi connectivity index (χ0v) is 9.88. The molecule has 1 fully saturated rings. The van der Waals surface area contributed by atoms with Gasteiger partial charge in [0, 0.05) is 12.6 Å². The number of aromatic hydroxyl groups is 1. The Labute approximate surface area is 104 Å². The summed E-state index contributed by atoms with van der Waals surface area (Å²) in [6.45, 7) is 0.363. The smallest absolute Gasteiger partial charge is 0.255 e. The van der Waals surface area contributed by atoms with Crippen LogP contribution in [0.2, 0.25) is 0 Å². The van der Waals surface area contributed by atoms with Crippen molar-refractivity contribution in [1.29, 1.82) is 0 Å². The van der Waals surface area contributed by atoms with E-state index in [0.29, 0.717) is 12.5 Å². The summed E-state index contributed by atoms with van der Waals surface area (Å²) in [5.74, 6) is -0.889. The molecule has 0 aliphatic heterocycles. The zero-order chi connectivity index (χ0) is 12.4. The van der Waals surface area contributed by atoms with Crippen molar-refractivity contribution in [2.24, 2.45) is 5.92 Å². The lowest BCUT2D eigenvalue weighted by Crippen LogP contribution is -2.30. The van der Waals surface area contributed by atoms with Crippen molar-refractivity contribution in [3.05, 3.63) is 29.6 Å². The molecule has 1 aromatic carbocycles. The number of nitrogens with one attached hydrogen (secondary N) is 1. The highest BCUT2D eigenvalue weighted by Gasteiger charge is 2.29. The van der Waals surface area contributed by atoms with Gasteiger partial charge in [-0.3, -0.25) is 4.79 Å². The van der Waals surface area contributed by atoms with Crippen LogP contribution in [0.5, 0.6) is 5.75 Å². The first-order valence-corrected chi connectivity index (χ1v) is 5.92. The SMILES string of the molecule is O=C(NCC(Cl)C1CC1)c1ccc(F)cc1O. The van der Waals surface area contributed by atoms with E-state index in [1.807, 2.05) is 0 Å². The van der Waals surface area contributed by atoms with E-state index in [2.05, 4.69) is 5.32 Å². The third-order valence-corrected chi connectivity index (χ3v) is 3.31. The molecule has 1 aliphatic rings. The van der Waals surface area contributed by atoms with Crippen LogP contribution < -0.4 is 5.32 Å². The second-order valence-corrected chi connectivity index (χ2v) is 4.79. The van der Waals surface area contributed by atoms with Crippen LogP contribution in [0.25, 0.3) is 0 Å². The number of amides is 1. The maximum Gasteiger partial charge on any atom is 0.255 e. The molecule has 1 atom stereocenters. The number of halogens is 2. The lowest BCUT2D eigenvalue weighted by atomic mass is 10.2. The molecule has 0 radical (unpaired) electrons. The zero-order valence-electron chi connectivity index (χ0n) is 9.12. The Morgan fingerprint density at radius 1 is 1.59 bits per heavy atom. The lowest BCUT2D eigenvalue weighted by molar-refractivity contribution is 0.0950. The van der Waals surface area contributed by atoms with Crippen LogP contribution in [0.15, 0.2) is 18.2 Å². The number of carbonyl (C=O) groups is 1. The average molecular weight is 258 g/mol. The highest BCUT2D eigenvalue weighted by atomic mass is 35.5. The summed E-state index contributed by atoms with van der Waals surface area (Å²) in [6, 6.07) is 3.29. The molecule has 0 bridgehead atoms. The molecule has 0 saturated heterocycles. The van der Waals surface area contributed by atoms with Gasteiger partial charge in [-0.25, -0.2) is 4.39 Å². The predicted octanol–water partition coefficient (Wildman–Crippen LogP) is 2.28. The van der Waals surface area contributed by atoms with Crippen LogP contribution in [0.1, 0.15) is 23.2 Å². The van der Waals surface area contributed by atoms with E-state index >= 15 is 0 Å². The van der Waals surface area contributed by atoms with Crippen LogP contribution >= 0.6 is 11.6 Å². The van der Waals surface area contributed by atoms with Crippen molar-refractivity contribution in [1.82, 2.24) is 5.32 Å². The summed E-state index contributed by atoms with van der Waals surface area (Å²) >= 11 is 6.04. The van der Waals surface area contributed by atoms with Crippen LogP contribution in [0.4, 0.5) is 4.39 Å². The summed E-state index contributed by atoms with van der Waals surface area (Å²) in [7, 11) is 0. The number of phenolic OH excluding ortho intramolecular Hbond substituents is 1. The van der Waals surface area contributed by atoms with Gasteiger partial charge in [0.1, 0.15) is 11.6 Å². The van der Waals surface area contributed by atoms with E-state index in [-0.39, 0.29) is 16.7 Å². The van der Waals surface area contributed by atoms with Gasteiger partial charge in [0.25, 0.3) is 5.91 Å². The van der Waals surface area contributed by atoms with Gasteiger partial charge in [0.05, 0.1) is 10.9 Å². The Balaban J connectivity index is 1.94.